The number of anilines is 1. The number of nitrogens with zero attached hydrogens (tertiary/aromatic N) is 2. The minimum absolute atomic E-state index is 0.0728. The molecule has 1 N–H and O–H groups in total. The number of halogens is 2. The fourth-order valence-corrected chi connectivity index (χ4v) is 6.09. The number of ether oxygens (including phenoxy) is 1. The van der Waals surface area contributed by atoms with Gasteiger partial charge in [-0.05, 0) is 55.2 Å². The molecule has 3 rings (SSSR count). The number of methoxy groups -OCH3 is 1. The summed E-state index contributed by atoms with van der Waals surface area (Å²) in [6.45, 7) is 1.43. The molecular weight excluding hydrogens is 549 g/mol. The van der Waals surface area contributed by atoms with Gasteiger partial charge in [0.15, 0.2) is 0 Å². The second kappa shape index (κ2) is 13.5. The van der Waals surface area contributed by atoms with Crippen LogP contribution in [0.25, 0.3) is 0 Å². The van der Waals surface area contributed by atoms with Crippen molar-refractivity contribution in [2.24, 2.45) is 0 Å². The van der Waals surface area contributed by atoms with E-state index in [4.69, 9.17) is 27.9 Å². The molecule has 2 amide bonds. The minimum atomic E-state index is -3.90. The third-order valence-corrected chi connectivity index (χ3v) is 8.37. The van der Waals surface area contributed by atoms with Crippen molar-refractivity contribution in [2.45, 2.75) is 64.1 Å². The quantitative estimate of drug-likeness (QED) is 0.400. The van der Waals surface area contributed by atoms with Crippen LogP contribution in [-0.4, -0.2) is 57.1 Å². The van der Waals surface area contributed by atoms with E-state index in [1.807, 2.05) is 19.1 Å². The molecule has 0 heterocycles. The van der Waals surface area contributed by atoms with Gasteiger partial charge in [-0.25, -0.2) is 8.42 Å². The Morgan fingerprint density at radius 1 is 1.08 bits per heavy atom. The predicted molar refractivity (Wildman–Crippen MR) is 151 cm³/mol. The second-order valence-corrected chi connectivity index (χ2v) is 12.3. The summed E-state index contributed by atoms with van der Waals surface area (Å²) in [5.74, 6) is -0.103. The van der Waals surface area contributed by atoms with Crippen molar-refractivity contribution in [1.29, 1.82) is 0 Å². The van der Waals surface area contributed by atoms with E-state index in [0.29, 0.717) is 17.2 Å². The molecule has 1 fully saturated rings. The minimum Gasteiger partial charge on any atom is -0.497 e. The number of hydrogen-bond donors (Lipinski definition) is 1. The molecule has 0 spiro atoms. The largest absolute Gasteiger partial charge is 0.497 e. The van der Waals surface area contributed by atoms with Gasteiger partial charge in [0.25, 0.3) is 0 Å². The third kappa shape index (κ3) is 8.01. The molecule has 208 valence electrons. The number of nitrogens with one attached hydrogen (secondary N) is 1. The summed E-state index contributed by atoms with van der Waals surface area (Å²) < 4.78 is 31.7. The maximum Gasteiger partial charge on any atom is 0.244 e. The molecule has 8 nitrogen and oxygen atoms in total. The Hall–Kier alpha value is -2.49. The fraction of sp³-hybridized carbons (Fsp3) is 0.481. The molecule has 0 aliphatic heterocycles. The van der Waals surface area contributed by atoms with Gasteiger partial charge in [-0.3, -0.25) is 13.9 Å². The van der Waals surface area contributed by atoms with Crippen LogP contribution in [0.1, 0.15) is 51.0 Å². The number of rotatable bonds is 11. The topological polar surface area (TPSA) is 96.0 Å². The Bertz CT molecular complexity index is 1220. The molecule has 11 heteroatoms. The van der Waals surface area contributed by atoms with Gasteiger partial charge >= 0.3 is 0 Å². The molecular formula is C27H35Cl2N3O5S. The van der Waals surface area contributed by atoms with Gasteiger partial charge in [-0.15, -0.1) is 0 Å². The third-order valence-electron chi connectivity index (χ3n) is 6.71. The van der Waals surface area contributed by atoms with Gasteiger partial charge in [0.2, 0.25) is 21.8 Å². The molecule has 1 unspecified atom stereocenters. The monoisotopic (exact) mass is 583 g/mol. The zero-order valence-electron chi connectivity index (χ0n) is 22.0. The average molecular weight is 585 g/mol. The lowest BCUT2D eigenvalue weighted by molar-refractivity contribution is -0.140. The van der Waals surface area contributed by atoms with Crippen LogP contribution in [0.3, 0.4) is 0 Å². The molecule has 1 aliphatic rings. The highest BCUT2D eigenvalue weighted by Crippen LogP contribution is 2.31. The van der Waals surface area contributed by atoms with Crippen molar-refractivity contribution in [1.82, 2.24) is 10.2 Å². The standard InChI is InChI=1S/C27H35Cl2N3O5S/c1-4-24(27(34)30-21-8-6-5-7-9-21)31(17-19-10-13-22(37-2)14-11-19)26(33)18-32(38(3,35)36)25-15-12-20(28)16-23(25)29/h10-16,21,24H,4-9,17-18H2,1-3H3,(H,30,34). The number of sulfonamides is 1. The van der Waals surface area contributed by atoms with Gasteiger partial charge in [0.1, 0.15) is 18.3 Å². The zero-order chi connectivity index (χ0) is 27.9. The van der Waals surface area contributed by atoms with E-state index < -0.39 is 28.5 Å². The van der Waals surface area contributed by atoms with Gasteiger partial charge in [-0.2, -0.15) is 0 Å². The summed E-state index contributed by atoms with van der Waals surface area (Å²) in [7, 11) is -2.33. The van der Waals surface area contributed by atoms with E-state index in [9.17, 15) is 18.0 Å². The molecule has 0 bridgehead atoms. The second-order valence-electron chi connectivity index (χ2n) is 9.50. The van der Waals surface area contributed by atoms with Gasteiger partial charge in [-0.1, -0.05) is 61.5 Å². The molecule has 0 radical (unpaired) electrons. The molecule has 2 aromatic rings. The van der Waals surface area contributed by atoms with Crippen LogP contribution >= 0.6 is 23.2 Å². The predicted octanol–water partition coefficient (Wildman–Crippen LogP) is 5.02. The SMILES string of the molecule is CCC(C(=O)NC1CCCCC1)N(Cc1ccc(OC)cc1)C(=O)CN(c1ccc(Cl)cc1Cl)S(C)(=O)=O. The van der Waals surface area contributed by atoms with E-state index in [1.165, 1.54) is 23.1 Å². The molecule has 2 aromatic carbocycles. The summed E-state index contributed by atoms with van der Waals surface area (Å²) in [6, 6.07) is 10.9. The highest BCUT2D eigenvalue weighted by atomic mass is 35.5. The van der Waals surface area contributed by atoms with Crippen molar-refractivity contribution >= 4 is 50.7 Å². The Balaban J connectivity index is 1.93. The van der Waals surface area contributed by atoms with Gasteiger partial charge < -0.3 is 15.0 Å². The zero-order valence-corrected chi connectivity index (χ0v) is 24.3. The first-order chi connectivity index (χ1) is 18.0. The maximum absolute atomic E-state index is 13.8. The summed E-state index contributed by atoms with van der Waals surface area (Å²) in [5, 5.41) is 3.55. The highest BCUT2D eigenvalue weighted by molar-refractivity contribution is 7.92. The summed E-state index contributed by atoms with van der Waals surface area (Å²) in [4.78, 5) is 28.7. The number of benzene rings is 2. The molecule has 0 saturated heterocycles. The van der Waals surface area contributed by atoms with Crippen LogP contribution in [0, 0.1) is 0 Å². The number of hydrogen-bond acceptors (Lipinski definition) is 5. The van der Waals surface area contributed by atoms with Crippen molar-refractivity contribution in [3.63, 3.8) is 0 Å². The van der Waals surface area contributed by atoms with E-state index in [0.717, 1.165) is 48.2 Å². The number of carbonyl (C=O) groups excluding carboxylic acids is 2. The van der Waals surface area contributed by atoms with Crippen LogP contribution in [0.2, 0.25) is 10.0 Å². The Morgan fingerprint density at radius 2 is 1.74 bits per heavy atom. The van der Waals surface area contributed by atoms with E-state index in [-0.39, 0.29) is 29.2 Å². The van der Waals surface area contributed by atoms with Crippen LogP contribution in [-0.2, 0) is 26.2 Å². The first-order valence-corrected chi connectivity index (χ1v) is 15.3. The maximum atomic E-state index is 13.8. The summed E-state index contributed by atoms with van der Waals surface area (Å²) in [6.07, 6.45) is 6.45. The lowest BCUT2D eigenvalue weighted by Gasteiger charge is -2.34. The first kappa shape index (κ1) is 30.1. The molecule has 38 heavy (non-hydrogen) atoms. The summed E-state index contributed by atoms with van der Waals surface area (Å²) >= 11 is 12.3. The van der Waals surface area contributed by atoms with Crippen molar-refractivity contribution in [3.05, 3.63) is 58.1 Å². The van der Waals surface area contributed by atoms with E-state index in [2.05, 4.69) is 5.32 Å². The van der Waals surface area contributed by atoms with Gasteiger partial charge in [0.05, 0.1) is 24.1 Å². The van der Waals surface area contributed by atoms with Crippen LogP contribution in [0.4, 0.5) is 5.69 Å². The Morgan fingerprint density at radius 3 is 2.29 bits per heavy atom. The number of carbonyl (C=O) groups is 2. The first-order valence-electron chi connectivity index (χ1n) is 12.7. The number of amides is 2. The lowest BCUT2D eigenvalue weighted by atomic mass is 9.95. The normalized spacial score (nSPS) is 15.0. The highest BCUT2D eigenvalue weighted by Gasteiger charge is 2.33. The van der Waals surface area contributed by atoms with Crippen molar-refractivity contribution in [3.8, 4) is 5.75 Å². The van der Waals surface area contributed by atoms with E-state index >= 15 is 0 Å². The molecule has 1 atom stereocenters. The molecule has 1 aliphatic carbocycles. The average Bonchev–Trinajstić information content (AvgIpc) is 2.88. The Kier molecular flexibility index (Phi) is 10.7. The molecule has 0 aromatic heterocycles. The van der Waals surface area contributed by atoms with Crippen LogP contribution in [0.5, 0.6) is 5.75 Å². The molecule has 1 saturated carbocycles. The van der Waals surface area contributed by atoms with Gasteiger partial charge in [0, 0.05) is 17.6 Å². The Labute approximate surface area is 235 Å². The lowest BCUT2D eigenvalue weighted by Crippen LogP contribution is -2.54. The van der Waals surface area contributed by atoms with Crippen molar-refractivity contribution < 1.29 is 22.7 Å². The van der Waals surface area contributed by atoms with E-state index in [1.54, 1.807) is 19.2 Å². The fourth-order valence-electron chi connectivity index (χ4n) is 4.67. The van der Waals surface area contributed by atoms with Crippen LogP contribution in [0.15, 0.2) is 42.5 Å². The van der Waals surface area contributed by atoms with Crippen molar-refractivity contribution in [2.75, 3.05) is 24.2 Å². The summed E-state index contributed by atoms with van der Waals surface area (Å²) in [5.41, 5.74) is 0.912. The smallest absolute Gasteiger partial charge is 0.244 e. The van der Waals surface area contributed by atoms with Crippen LogP contribution < -0.4 is 14.4 Å².